The summed E-state index contributed by atoms with van der Waals surface area (Å²) >= 11 is 0. The van der Waals surface area contributed by atoms with Gasteiger partial charge in [0.25, 0.3) is 0 Å². The number of ketones is 1. The third kappa shape index (κ3) is 5.10. The highest BCUT2D eigenvalue weighted by molar-refractivity contribution is 6.10. The highest BCUT2D eigenvalue weighted by Gasteiger charge is 2.18. The fraction of sp³-hybridized carbons (Fsp3) is 0.435. The van der Waals surface area contributed by atoms with Crippen molar-refractivity contribution in [3.05, 3.63) is 59.7 Å². The lowest BCUT2D eigenvalue weighted by Crippen LogP contribution is -2.17. The molecule has 0 aliphatic rings. The summed E-state index contributed by atoms with van der Waals surface area (Å²) in [6, 6.07) is 14.9. The van der Waals surface area contributed by atoms with Crippen LogP contribution in [0.5, 0.6) is 11.5 Å². The van der Waals surface area contributed by atoms with Crippen molar-refractivity contribution in [3.8, 4) is 11.5 Å². The van der Waals surface area contributed by atoms with Crippen LogP contribution in [0.1, 0.15) is 69.3 Å². The molecule has 26 heavy (non-hydrogen) atoms. The van der Waals surface area contributed by atoms with Gasteiger partial charge < -0.3 is 9.47 Å². The van der Waals surface area contributed by atoms with Gasteiger partial charge in [0.2, 0.25) is 0 Å². The molecule has 0 heterocycles. The van der Waals surface area contributed by atoms with Crippen molar-refractivity contribution in [1.29, 1.82) is 0 Å². The number of carbonyl (C=O) groups is 1. The SMILES string of the molecule is CCC(CC)Oc1ccc(C(=O)c2ccccc2)c(OC(CC)CC)c1. The normalized spacial score (nSPS) is 11.0. The first-order valence-corrected chi connectivity index (χ1v) is 9.69. The maximum absolute atomic E-state index is 13.0. The molecule has 2 aromatic carbocycles. The van der Waals surface area contributed by atoms with Crippen LogP contribution in [-0.4, -0.2) is 18.0 Å². The Bertz CT molecular complexity index is 686. The molecule has 0 N–H and O–H groups in total. The predicted octanol–water partition coefficient (Wildman–Crippen LogP) is 6.05. The zero-order valence-corrected chi connectivity index (χ0v) is 16.3. The average molecular weight is 354 g/mol. The van der Waals surface area contributed by atoms with Crippen molar-refractivity contribution in [2.45, 2.75) is 65.6 Å². The number of rotatable bonds is 10. The molecule has 0 atom stereocenters. The van der Waals surface area contributed by atoms with Crippen molar-refractivity contribution in [1.82, 2.24) is 0 Å². The van der Waals surface area contributed by atoms with Gasteiger partial charge >= 0.3 is 0 Å². The summed E-state index contributed by atoms with van der Waals surface area (Å²) in [5, 5.41) is 0. The third-order valence-corrected chi connectivity index (χ3v) is 4.65. The molecular formula is C23H30O3. The Morgan fingerprint density at radius 2 is 1.38 bits per heavy atom. The number of benzene rings is 2. The minimum atomic E-state index is -0.0272. The van der Waals surface area contributed by atoms with E-state index >= 15 is 0 Å². The second-order valence-electron chi connectivity index (χ2n) is 6.47. The summed E-state index contributed by atoms with van der Waals surface area (Å²) in [6.45, 7) is 8.42. The van der Waals surface area contributed by atoms with E-state index in [1.165, 1.54) is 0 Å². The summed E-state index contributed by atoms with van der Waals surface area (Å²) in [7, 11) is 0. The maximum atomic E-state index is 13.0. The monoisotopic (exact) mass is 354 g/mol. The number of hydrogen-bond donors (Lipinski definition) is 0. The molecule has 140 valence electrons. The summed E-state index contributed by atoms with van der Waals surface area (Å²) in [6.07, 6.45) is 3.95. The zero-order valence-electron chi connectivity index (χ0n) is 16.3. The topological polar surface area (TPSA) is 35.5 Å². The molecule has 0 amide bonds. The van der Waals surface area contributed by atoms with Crippen molar-refractivity contribution in [3.63, 3.8) is 0 Å². The number of carbonyl (C=O) groups excluding carboxylic acids is 1. The minimum Gasteiger partial charge on any atom is -0.490 e. The second kappa shape index (κ2) is 10.0. The Kier molecular flexibility index (Phi) is 7.71. The molecule has 0 aliphatic carbocycles. The van der Waals surface area contributed by atoms with Crippen LogP contribution < -0.4 is 9.47 Å². The first-order chi connectivity index (χ1) is 12.6. The van der Waals surface area contributed by atoms with E-state index in [0.29, 0.717) is 16.9 Å². The lowest BCUT2D eigenvalue weighted by Gasteiger charge is -2.21. The number of ether oxygens (including phenoxy) is 2. The van der Waals surface area contributed by atoms with Crippen LogP contribution >= 0.6 is 0 Å². The van der Waals surface area contributed by atoms with E-state index in [0.717, 1.165) is 31.4 Å². The van der Waals surface area contributed by atoms with Crippen LogP contribution in [-0.2, 0) is 0 Å². The standard InChI is InChI=1S/C23H30O3/c1-5-18(6-2)25-20-14-15-21(22(16-20)26-19(7-3)8-4)23(24)17-12-10-9-11-13-17/h9-16,18-19H,5-8H2,1-4H3. The summed E-state index contributed by atoms with van der Waals surface area (Å²) in [4.78, 5) is 13.0. The van der Waals surface area contributed by atoms with Gasteiger partial charge in [0.15, 0.2) is 5.78 Å². The first kappa shape index (κ1) is 20.0. The molecule has 0 saturated heterocycles. The van der Waals surface area contributed by atoms with Gasteiger partial charge in [0, 0.05) is 11.6 Å². The van der Waals surface area contributed by atoms with Crippen LogP contribution in [0, 0.1) is 0 Å². The van der Waals surface area contributed by atoms with Crippen LogP contribution in [0.3, 0.4) is 0 Å². The zero-order chi connectivity index (χ0) is 18.9. The Labute approximate surface area is 157 Å². The molecule has 3 nitrogen and oxygen atoms in total. The largest absolute Gasteiger partial charge is 0.490 e. The van der Waals surface area contributed by atoms with Crippen LogP contribution in [0.25, 0.3) is 0 Å². The van der Waals surface area contributed by atoms with Gasteiger partial charge in [-0.25, -0.2) is 0 Å². The molecule has 0 spiro atoms. The van der Waals surface area contributed by atoms with E-state index in [1.807, 2.05) is 48.5 Å². The van der Waals surface area contributed by atoms with E-state index in [-0.39, 0.29) is 18.0 Å². The van der Waals surface area contributed by atoms with Crippen molar-refractivity contribution >= 4 is 5.78 Å². The van der Waals surface area contributed by atoms with Gasteiger partial charge in [-0.2, -0.15) is 0 Å². The molecule has 0 radical (unpaired) electrons. The van der Waals surface area contributed by atoms with Crippen molar-refractivity contribution in [2.24, 2.45) is 0 Å². The Morgan fingerprint density at radius 3 is 1.96 bits per heavy atom. The Morgan fingerprint density at radius 1 is 0.808 bits per heavy atom. The predicted molar refractivity (Wildman–Crippen MR) is 106 cm³/mol. The molecule has 0 unspecified atom stereocenters. The average Bonchev–Trinajstić information content (AvgIpc) is 2.70. The molecule has 0 saturated carbocycles. The Hall–Kier alpha value is -2.29. The molecule has 2 aromatic rings. The van der Waals surface area contributed by atoms with Crippen LogP contribution in [0.2, 0.25) is 0 Å². The Balaban J connectivity index is 2.37. The van der Waals surface area contributed by atoms with Gasteiger partial charge in [-0.15, -0.1) is 0 Å². The van der Waals surface area contributed by atoms with Gasteiger partial charge in [0.1, 0.15) is 11.5 Å². The smallest absolute Gasteiger partial charge is 0.196 e. The van der Waals surface area contributed by atoms with Crippen LogP contribution in [0.4, 0.5) is 0 Å². The van der Waals surface area contributed by atoms with Gasteiger partial charge in [-0.05, 0) is 37.8 Å². The molecular weight excluding hydrogens is 324 g/mol. The minimum absolute atomic E-state index is 0.0272. The van der Waals surface area contributed by atoms with E-state index in [1.54, 1.807) is 0 Å². The maximum Gasteiger partial charge on any atom is 0.196 e. The summed E-state index contributed by atoms with van der Waals surface area (Å²) < 4.78 is 12.2. The number of hydrogen-bond acceptors (Lipinski definition) is 3. The van der Waals surface area contributed by atoms with Gasteiger partial charge in [-0.3, -0.25) is 4.79 Å². The van der Waals surface area contributed by atoms with E-state index in [9.17, 15) is 4.79 Å². The van der Waals surface area contributed by atoms with Crippen LogP contribution in [0.15, 0.2) is 48.5 Å². The quantitative estimate of drug-likeness (QED) is 0.487. The molecule has 0 aromatic heterocycles. The molecule has 3 heteroatoms. The van der Waals surface area contributed by atoms with Gasteiger partial charge in [0.05, 0.1) is 17.8 Å². The van der Waals surface area contributed by atoms with Gasteiger partial charge in [-0.1, -0.05) is 58.0 Å². The highest BCUT2D eigenvalue weighted by atomic mass is 16.5. The molecule has 2 rings (SSSR count). The second-order valence-corrected chi connectivity index (χ2v) is 6.47. The lowest BCUT2D eigenvalue weighted by atomic mass is 10.0. The summed E-state index contributed by atoms with van der Waals surface area (Å²) in [5.74, 6) is 1.33. The first-order valence-electron chi connectivity index (χ1n) is 9.69. The third-order valence-electron chi connectivity index (χ3n) is 4.65. The lowest BCUT2D eigenvalue weighted by molar-refractivity contribution is 0.103. The molecule has 0 fully saturated rings. The van der Waals surface area contributed by atoms with Crippen molar-refractivity contribution < 1.29 is 14.3 Å². The molecule has 0 aliphatic heterocycles. The van der Waals surface area contributed by atoms with E-state index in [4.69, 9.17) is 9.47 Å². The fourth-order valence-electron chi connectivity index (χ4n) is 2.89. The van der Waals surface area contributed by atoms with Crippen molar-refractivity contribution in [2.75, 3.05) is 0 Å². The van der Waals surface area contributed by atoms with E-state index < -0.39 is 0 Å². The summed E-state index contributed by atoms with van der Waals surface area (Å²) in [5.41, 5.74) is 1.25. The molecule has 0 bridgehead atoms. The fourth-order valence-corrected chi connectivity index (χ4v) is 2.89. The highest BCUT2D eigenvalue weighted by Crippen LogP contribution is 2.30. The van der Waals surface area contributed by atoms with E-state index in [2.05, 4.69) is 27.7 Å².